The second-order valence-electron chi connectivity index (χ2n) is 6.85. The van der Waals surface area contributed by atoms with Crippen LogP contribution in [0.25, 0.3) is 0 Å². The number of hydrogen-bond donors (Lipinski definition) is 1. The molecule has 0 aromatic carbocycles. The van der Waals surface area contributed by atoms with Gasteiger partial charge in [-0.2, -0.15) is 0 Å². The van der Waals surface area contributed by atoms with E-state index < -0.39 is 0 Å². The van der Waals surface area contributed by atoms with Crippen LogP contribution in [0.3, 0.4) is 0 Å². The highest BCUT2D eigenvalue weighted by Gasteiger charge is 2.08. The molecule has 0 aromatic heterocycles. The van der Waals surface area contributed by atoms with Crippen molar-refractivity contribution in [2.45, 2.75) is 105 Å². The zero-order chi connectivity index (χ0) is 13.0. The van der Waals surface area contributed by atoms with Gasteiger partial charge in [-0.25, -0.2) is 0 Å². The average molecular weight is 338 g/mol. The summed E-state index contributed by atoms with van der Waals surface area (Å²) >= 11 is 0. The second kappa shape index (κ2) is 16.5. The molecule has 19 heavy (non-hydrogen) atoms. The van der Waals surface area contributed by atoms with Gasteiger partial charge >= 0.3 is 0 Å². The zero-order valence-electron chi connectivity index (χ0n) is 14.4. The monoisotopic (exact) mass is 337 g/mol. The summed E-state index contributed by atoms with van der Waals surface area (Å²) in [5, 5.41) is 0. The maximum absolute atomic E-state index is 2.35. The van der Waals surface area contributed by atoms with Crippen LogP contribution in [0.2, 0.25) is 0 Å². The molecule has 0 unspecified atom stereocenters. The fourth-order valence-corrected chi connectivity index (χ4v) is 2.32. The molecule has 0 radical (unpaired) electrons. The van der Waals surface area contributed by atoms with Crippen LogP contribution in [-0.4, -0.2) is 0 Å². The van der Waals surface area contributed by atoms with Gasteiger partial charge in [0.2, 0.25) is 0 Å². The van der Waals surface area contributed by atoms with Gasteiger partial charge in [0.25, 0.3) is 0 Å². The van der Waals surface area contributed by atoms with E-state index in [0.717, 1.165) is 0 Å². The van der Waals surface area contributed by atoms with Crippen molar-refractivity contribution in [2.24, 2.45) is 5.41 Å². The van der Waals surface area contributed by atoms with Crippen LogP contribution in [0.15, 0.2) is 0 Å². The Morgan fingerprint density at radius 1 is 0.579 bits per heavy atom. The first-order chi connectivity index (χ1) is 8.06. The van der Waals surface area contributed by atoms with Crippen LogP contribution in [0, 0.1) is 5.41 Å². The van der Waals surface area contributed by atoms with E-state index in [9.17, 15) is 0 Å². The van der Waals surface area contributed by atoms with Crippen molar-refractivity contribution in [2.75, 3.05) is 0 Å². The third-order valence-corrected chi connectivity index (χ3v) is 3.53. The van der Waals surface area contributed by atoms with Crippen LogP contribution in [-0.2, 0) is 0 Å². The van der Waals surface area contributed by atoms with E-state index >= 15 is 0 Å². The van der Waals surface area contributed by atoms with Gasteiger partial charge < -0.3 is 23.1 Å². The Hall–Kier alpha value is 0.440. The highest BCUT2D eigenvalue weighted by atomic mass is 79.9. The summed E-state index contributed by atoms with van der Waals surface area (Å²) in [6, 6.07) is 0. The van der Waals surface area contributed by atoms with Crippen LogP contribution in [0.5, 0.6) is 0 Å². The Morgan fingerprint density at radius 2 is 0.895 bits per heavy atom. The molecule has 0 aliphatic carbocycles. The summed E-state index contributed by atoms with van der Waals surface area (Å²) in [6.45, 7) is 9.34. The predicted octanol–water partition coefficient (Wildman–Crippen LogP) is 4.11. The molecule has 0 atom stereocenters. The van der Waals surface area contributed by atoms with E-state index in [1.807, 2.05) is 0 Å². The molecule has 0 saturated heterocycles. The van der Waals surface area contributed by atoms with Crippen molar-refractivity contribution in [3.8, 4) is 0 Å². The summed E-state index contributed by atoms with van der Waals surface area (Å²) in [5.41, 5.74) is 0.541. The van der Waals surface area contributed by atoms with E-state index in [1.54, 1.807) is 0 Å². The largest absolute Gasteiger partial charge is 1.00 e. The van der Waals surface area contributed by atoms with Gasteiger partial charge in [-0.1, -0.05) is 98.3 Å². The van der Waals surface area contributed by atoms with Crippen LogP contribution < -0.4 is 23.1 Å². The molecule has 0 rings (SSSR count). The summed E-state index contributed by atoms with van der Waals surface area (Å²) in [4.78, 5) is 0. The lowest BCUT2D eigenvalue weighted by molar-refractivity contribution is -0.00000506. The summed E-state index contributed by atoms with van der Waals surface area (Å²) in [6.07, 6.45) is 17.4. The van der Waals surface area contributed by atoms with Crippen molar-refractivity contribution in [3.05, 3.63) is 0 Å². The highest BCUT2D eigenvalue weighted by Crippen LogP contribution is 2.22. The van der Waals surface area contributed by atoms with Crippen molar-refractivity contribution in [1.29, 1.82) is 0 Å². The van der Waals surface area contributed by atoms with Gasteiger partial charge in [-0.05, 0) is 11.8 Å². The van der Waals surface area contributed by atoms with Crippen molar-refractivity contribution in [1.82, 2.24) is 6.15 Å². The van der Waals surface area contributed by atoms with Crippen LogP contribution >= 0.6 is 0 Å². The first-order valence-electron chi connectivity index (χ1n) is 8.06. The van der Waals surface area contributed by atoms with Crippen LogP contribution in [0.1, 0.15) is 105 Å². The van der Waals surface area contributed by atoms with Crippen LogP contribution in [0.4, 0.5) is 0 Å². The molecule has 0 aliphatic heterocycles. The number of hydrogen-bond acceptors (Lipinski definition) is 0. The fourth-order valence-electron chi connectivity index (χ4n) is 2.32. The van der Waals surface area contributed by atoms with E-state index in [0.29, 0.717) is 5.41 Å². The normalized spacial score (nSPS) is 10.7. The Labute approximate surface area is 133 Å². The van der Waals surface area contributed by atoms with Crippen molar-refractivity contribution < 1.29 is 17.0 Å². The predicted molar refractivity (Wildman–Crippen MR) is 86.5 cm³/mol. The molecule has 0 aromatic rings. The van der Waals surface area contributed by atoms with E-state index in [1.165, 1.54) is 77.0 Å². The smallest absolute Gasteiger partial charge is 0.0383 e. The second-order valence-corrected chi connectivity index (χ2v) is 6.85. The standard InChI is InChI=1S/C17H36.BrH.H3N/c1-5-6-7-8-9-10-11-12-13-14-15-16-17(2,3)4;;/h5-16H2,1-4H3;1H;1H3. The molecule has 0 heterocycles. The maximum atomic E-state index is 2.35. The number of quaternary nitrogens is 1. The quantitative estimate of drug-likeness (QED) is 0.551. The third kappa shape index (κ3) is 23.9. The molecule has 0 spiro atoms. The number of halogens is 1. The van der Waals surface area contributed by atoms with Crippen molar-refractivity contribution >= 4 is 0 Å². The summed E-state index contributed by atoms with van der Waals surface area (Å²) in [5.74, 6) is 0. The maximum Gasteiger partial charge on any atom is -0.0383 e. The van der Waals surface area contributed by atoms with Gasteiger partial charge in [0.05, 0.1) is 0 Å². The lowest BCUT2D eigenvalue weighted by Crippen LogP contribution is -3.00. The molecule has 0 fully saturated rings. The van der Waals surface area contributed by atoms with Gasteiger partial charge in [0.15, 0.2) is 0 Å². The number of unbranched alkanes of at least 4 members (excludes halogenated alkanes) is 10. The minimum Gasteiger partial charge on any atom is -1.00 e. The molecule has 0 saturated carbocycles. The summed E-state index contributed by atoms with van der Waals surface area (Å²) < 4.78 is 0. The molecule has 0 amide bonds. The van der Waals surface area contributed by atoms with Gasteiger partial charge in [0.1, 0.15) is 0 Å². The zero-order valence-corrected chi connectivity index (χ0v) is 15.9. The van der Waals surface area contributed by atoms with E-state index in [2.05, 4.69) is 27.7 Å². The Morgan fingerprint density at radius 3 is 1.21 bits per heavy atom. The molecule has 0 aliphatic rings. The minimum absolute atomic E-state index is 0. The molecular formula is C17H40BrN. The average Bonchev–Trinajstić information content (AvgIpc) is 2.24. The molecule has 2 heteroatoms. The minimum atomic E-state index is 0. The molecule has 120 valence electrons. The van der Waals surface area contributed by atoms with Crippen molar-refractivity contribution in [3.63, 3.8) is 0 Å². The molecule has 0 bridgehead atoms. The lowest BCUT2D eigenvalue weighted by Gasteiger charge is -2.17. The highest BCUT2D eigenvalue weighted by molar-refractivity contribution is 4.61. The molecular weight excluding hydrogens is 298 g/mol. The number of rotatable bonds is 11. The van der Waals surface area contributed by atoms with Gasteiger partial charge in [0, 0.05) is 0 Å². The molecule has 1 nitrogen and oxygen atoms in total. The van der Waals surface area contributed by atoms with Gasteiger partial charge in [-0.3, -0.25) is 0 Å². The van der Waals surface area contributed by atoms with Gasteiger partial charge in [-0.15, -0.1) is 0 Å². The Kier molecular flexibility index (Phi) is 21.2. The first-order valence-corrected chi connectivity index (χ1v) is 8.06. The molecule has 4 N–H and O–H groups in total. The third-order valence-electron chi connectivity index (χ3n) is 3.53. The van der Waals surface area contributed by atoms with E-state index in [4.69, 9.17) is 0 Å². The topological polar surface area (TPSA) is 36.5 Å². The fraction of sp³-hybridized carbons (Fsp3) is 1.00. The Balaban J connectivity index is -0.00000128. The summed E-state index contributed by atoms with van der Waals surface area (Å²) in [7, 11) is 0. The lowest BCUT2D eigenvalue weighted by atomic mass is 9.89. The first kappa shape index (κ1) is 24.5. The Bertz CT molecular complexity index is 152. The van der Waals surface area contributed by atoms with E-state index in [-0.39, 0.29) is 23.1 Å². The SMILES string of the molecule is CCCCCCCCCCCCCC(C)(C)C.[Br-].[NH4+].